The van der Waals surface area contributed by atoms with Crippen molar-refractivity contribution in [1.29, 1.82) is 0 Å². The van der Waals surface area contributed by atoms with Crippen LogP contribution in [0.3, 0.4) is 0 Å². The fraction of sp³-hybridized carbons (Fsp3) is 0.111. The molecule has 2 rings (SSSR count). The van der Waals surface area contributed by atoms with Gasteiger partial charge in [-0.25, -0.2) is 0 Å². The Balaban J connectivity index is 2.88. The number of nitroso groups, excluding NO2 is 1. The first-order chi connectivity index (χ1) is 6.77. The predicted molar refractivity (Wildman–Crippen MR) is 51.8 cm³/mol. The molecule has 1 aromatic heterocycles. The minimum Gasteiger partial charge on any atom is -0.434 e. The van der Waals surface area contributed by atoms with Crippen LogP contribution in [0.2, 0.25) is 0 Å². The molecule has 72 valence electrons. The molecule has 5 nitrogen and oxygen atoms in total. The molecule has 0 aliphatic carbocycles. The second kappa shape index (κ2) is 3.12. The number of rotatable bonds is 2. The smallest absolute Gasteiger partial charge is 0.287 e. The van der Waals surface area contributed by atoms with E-state index in [-0.39, 0.29) is 11.6 Å². The van der Waals surface area contributed by atoms with Gasteiger partial charge in [-0.15, -0.1) is 4.91 Å². The van der Waals surface area contributed by atoms with Crippen LogP contribution in [-0.4, -0.2) is 5.21 Å². The number of nitrogens with one attached hydrogen (secondary N) is 1. The van der Waals surface area contributed by atoms with Crippen molar-refractivity contribution in [3.63, 3.8) is 0 Å². The number of anilines is 1. The zero-order valence-corrected chi connectivity index (χ0v) is 7.44. The lowest BCUT2D eigenvalue weighted by molar-refractivity contribution is 0.389. The van der Waals surface area contributed by atoms with Crippen LogP contribution in [0.15, 0.2) is 27.8 Å². The van der Waals surface area contributed by atoms with Crippen molar-refractivity contribution in [3.05, 3.63) is 28.7 Å². The molecule has 14 heavy (non-hydrogen) atoms. The Bertz CT molecular complexity index is 490. The van der Waals surface area contributed by atoms with Crippen LogP contribution in [0.5, 0.6) is 0 Å². The lowest BCUT2D eigenvalue weighted by Gasteiger charge is -1.97. The van der Waals surface area contributed by atoms with Gasteiger partial charge in [0.2, 0.25) is 0 Å². The lowest BCUT2D eigenvalue weighted by atomic mass is 10.1. The molecule has 0 atom stereocenters. The maximum atomic E-state index is 10.4. The zero-order valence-electron chi connectivity index (χ0n) is 7.44. The molecule has 2 N–H and O–H groups in total. The molecule has 0 saturated carbocycles. The van der Waals surface area contributed by atoms with Gasteiger partial charge in [0.05, 0.1) is 5.39 Å². The summed E-state index contributed by atoms with van der Waals surface area (Å²) in [5.41, 5.74) is 3.56. The molecule has 0 unspecified atom stereocenters. The molecular weight excluding hydrogens is 184 g/mol. The quantitative estimate of drug-likeness (QED) is 0.566. The molecule has 1 aromatic carbocycles. The van der Waals surface area contributed by atoms with Gasteiger partial charge in [-0.1, -0.05) is 12.1 Å². The molecule has 0 amide bonds. The van der Waals surface area contributed by atoms with E-state index in [2.05, 4.69) is 5.18 Å². The Morgan fingerprint density at radius 1 is 1.50 bits per heavy atom. The van der Waals surface area contributed by atoms with E-state index in [0.29, 0.717) is 11.0 Å². The standard InChI is InChI=1S/C9H8N2O3/c1-5-3-2-4-6-7(5)8(10-12)9(11-13)14-6/h2-4,10,12H,1H3. The molecule has 1 heterocycles. The Kier molecular flexibility index (Phi) is 1.94. The zero-order chi connectivity index (χ0) is 10.1. The highest BCUT2D eigenvalue weighted by Crippen LogP contribution is 2.38. The van der Waals surface area contributed by atoms with Crippen molar-refractivity contribution in [1.82, 2.24) is 0 Å². The summed E-state index contributed by atoms with van der Waals surface area (Å²) >= 11 is 0. The normalized spacial score (nSPS) is 10.4. The molecule has 0 spiro atoms. The van der Waals surface area contributed by atoms with Crippen LogP contribution in [-0.2, 0) is 0 Å². The van der Waals surface area contributed by atoms with Crippen molar-refractivity contribution in [2.24, 2.45) is 5.18 Å². The Morgan fingerprint density at radius 2 is 2.29 bits per heavy atom. The molecule has 0 bridgehead atoms. The predicted octanol–water partition coefficient (Wildman–Crippen LogP) is 2.94. The number of furan rings is 1. The average molecular weight is 192 g/mol. The third-order valence-corrected chi connectivity index (χ3v) is 2.10. The topological polar surface area (TPSA) is 74.8 Å². The van der Waals surface area contributed by atoms with Gasteiger partial charge < -0.3 is 4.42 Å². The lowest BCUT2D eigenvalue weighted by Crippen LogP contribution is -1.88. The Hall–Kier alpha value is -1.88. The minimum atomic E-state index is -0.142. The molecule has 5 heteroatoms. The van der Waals surface area contributed by atoms with Crippen LogP contribution < -0.4 is 5.48 Å². The number of nitrogens with zero attached hydrogens (tertiary/aromatic N) is 1. The largest absolute Gasteiger partial charge is 0.434 e. The van der Waals surface area contributed by atoms with Crippen molar-refractivity contribution < 1.29 is 9.62 Å². The summed E-state index contributed by atoms with van der Waals surface area (Å²) in [7, 11) is 0. The fourth-order valence-electron chi connectivity index (χ4n) is 1.48. The third kappa shape index (κ3) is 1.06. The Morgan fingerprint density at radius 3 is 2.93 bits per heavy atom. The van der Waals surface area contributed by atoms with Crippen molar-refractivity contribution in [3.8, 4) is 0 Å². The van der Waals surface area contributed by atoms with Gasteiger partial charge in [0, 0.05) is 5.18 Å². The van der Waals surface area contributed by atoms with Crippen molar-refractivity contribution in [2.45, 2.75) is 6.92 Å². The highest BCUT2D eigenvalue weighted by Gasteiger charge is 2.15. The van der Waals surface area contributed by atoms with E-state index in [1.807, 2.05) is 18.5 Å². The van der Waals surface area contributed by atoms with Gasteiger partial charge in [0.1, 0.15) is 11.3 Å². The van der Waals surface area contributed by atoms with E-state index < -0.39 is 0 Å². The van der Waals surface area contributed by atoms with Gasteiger partial charge in [0.15, 0.2) is 0 Å². The first-order valence-corrected chi connectivity index (χ1v) is 4.03. The van der Waals surface area contributed by atoms with E-state index in [4.69, 9.17) is 9.62 Å². The summed E-state index contributed by atoms with van der Waals surface area (Å²) in [4.78, 5) is 10.4. The van der Waals surface area contributed by atoms with Crippen LogP contribution in [0.4, 0.5) is 11.6 Å². The average Bonchev–Trinajstić information content (AvgIpc) is 2.56. The van der Waals surface area contributed by atoms with Gasteiger partial charge in [-0.05, 0) is 18.6 Å². The van der Waals surface area contributed by atoms with Crippen LogP contribution in [0, 0.1) is 11.8 Å². The third-order valence-electron chi connectivity index (χ3n) is 2.10. The van der Waals surface area contributed by atoms with Crippen LogP contribution >= 0.6 is 0 Å². The van der Waals surface area contributed by atoms with Crippen molar-refractivity contribution >= 4 is 22.5 Å². The van der Waals surface area contributed by atoms with Gasteiger partial charge in [-0.3, -0.25) is 10.7 Å². The molecule has 2 aromatic rings. The highest BCUT2D eigenvalue weighted by atomic mass is 16.5. The summed E-state index contributed by atoms with van der Waals surface area (Å²) in [6, 6.07) is 5.36. The van der Waals surface area contributed by atoms with Gasteiger partial charge >= 0.3 is 0 Å². The molecular formula is C9H8N2O3. The summed E-state index contributed by atoms with van der Waals surface area (Å²) in [5, 5.41) is 12.2. The first-order valence-electron chi connectivity index (χ1n) is 4.03. The number of hydrogen-bond donors (Lipinski definition) is 2. The van der Waals surface area contributed by atoms with Crippen LogP contribution in [0.25, 0.3) is 11.0 Å². The van der Waals surface area contributed by atoms with E-state index >= 15 is 0 Å². The van der Waals surface area contributed by atoms with E-state index in [1.165, 1.54) is 0 Å². The maximum Gasteiger partial charge on any atom is 0.287 e. The van der Waals surface area contributed by atoms with Gasteiger partial charge in [-0.2, -0.15) is 0 Å². The molecule has 0 fully saturated rings. The number of fused-ring (bicyclic) bond motifs is 1. The molecule has 0 radical (unpaired) electrons. The van der Waals surface area contributed by atoms with Crippen molar-refractivity contribution in [2.75, 3.05) is 5.48 Å². The molecule has 0 saturated heterocycles. The SMILES string of the molecule is Cc1cccc2oc(N=O)c(NO)c12. The van der Waals surface area contributed by atoms with E-state index in [1.54, 1.807) is 12.1 Å². The molecule has 0 aliphatic rings. The minimum absolute atomic E-state index is 0.142. The maximum absolute atomic E-state index is 10.4. The summed E-state index contributed by atoms with van der Waals surface area (Å²) in [5.74, 6) is -0.142. The fourth-order valence-corrected chi connectivity index (χ4v) is 1.48. The number of aryl methyl sites for hydroxylation is 1. The van der Waals surface area contributed by atoms with Gasteiger partial charge in [0.25, 0.3) is 5.88 Å². The first kappa shape index (κ1) is 8.71. The number of benzene rings is 1. The summed E-state index contributed by atoms with van der Waals surface area (Å²) in [6.45, 7) is 1.85. The molecule has 0 aliphatic heterocycles. The number of hydrogen-bond acceptors (Lipinski definition) is 5. The summed E-state index contributed by atoms with van der Waals surface area (Å²) < 4.78 is 5.12. The van der Waals surface area contributed by atoms with E-state index in [0.717, 1.165) is 5.56 Å². The second-order valence-electron chi connectivity index (χ2n) is 2.93. The Labute approximate surface area is 79.3 Å². The second-order valence-corrected chi connectivity index (χ2v) is 2.93. The monoisotopic (exact) mass is 192 g/mol. The van der Waals surface area contributed by atoms with E-state index in [9.17, 15) is 4.91 Å². The highest BCUT2D eigenvalue weighted by molar-refractivity contribution is 5.98. The summed E-state index contributed by atoms with van der Waals surface area (Å²) in [6.07, 6.45) is 0. The van der Waals surface area contributed by atoms with Crippen LogP contribution in [0.1, 0.15) is 5.56 Å².